The topological polar surface area (TPSA) is 39.3 Å². The van der Waals surface area contributed by atoms with Crippen molar-refractivity contribution in [2.75, 3.05) is 0 Å². The van der Waals surface area contributed by atoms with Crippen LogP contribution in [0.2, 0.25) is 5.02 Å². The molecule has 0 unspecified atom stereocenters. The number of hydrogen-bond donors (Lipinski definition) is 0. The van der Waals surface area contributed by atoms with Crippen LogP contribution in [0, 0.1) is 0 Å². The summed E-state index contributed by atoms with van der Waals surface area (Å²) in [5.41, 5.74) is 4.77. The van der Waals surface area contributed by atoms with Gasteiger partial charge in [-0.25, -0.2) is 9.38 Å². The number of para-hydroxylation sites is 2. The number of aromatic nitrogens is 3. The molecule has 0 aliphatic rings. The summed E-state index contributed by atoms with van der Waals surface area (Å²) >= 11 is 7.40. The highest BCUT2D eigenvalue weighted by molar-refractivity contribution is 7.15. The molecule has 0 aliphatic heterocycles. The van der Waals surface area contributed by atoms with Crippen LogP contribution < -0.4 is 10.1 Å². The third-order valence-electron chi connectivity index (χ3n) is 4.72. The van der Waals surface area contributed by atoms with Crippen molar-refractivity contribution in [1.82, 2.24) is 14.0 Å². The molecule has 0 radical (unpaired) electrons. The van der Waals surface area contributed by atoms with Crippen LogP contribution in [0.15, 0.2) is 65.5 Å². The maximum absolute atomic E-state index is 12.9. The van der Waals surface area contributed by atoms with Gasteiger partial charge >= 0.3 is 0 Å². The molecule has 0 saturated heterocycles. The molecule has 0 amide bonds. The normalized spacial score (nSPS) is 12.4. The zero-order chi connectivity index (χ0) is 18.5. The van der Waals surface area contributed by atoms with E-state index in [-0.39, 0.29) is 5.56 Å². The summed E-state index contributed by atoms with van der Waals surface area (Å²) in [5, 5.41) is 0.713. The molecular formula is C21H14ClN3OS. The lowest BCUT2D eigenvalue weighted by molar-refractivity contribution is 0.923. The number of fused-ring (bicyclic) bond motifs is 3. The second-order valence-corrected chi connectivity index (χ2v) is 7.79. The standard InChI is InChI=1S/C21H14ClN3OS/c1-24-15(10-11-17(24)13-6-8-14(22)9-7-13)12-19-20(26)25-18-5-3-2-4-16(18)23-21(25)27-19/h2-12H,1H3. The second-order valence-electron chi connectivity index (χ2n) is 6.34. The number of nitrogens with zero attached hydrogens (tertiary/aromatic N) is 3. The summed E-state index contributed by atoms with van der Waals surface area (Å²) in [6.07, 6.45) is 1.93. The quantitative estimate of drug-likeness (QED) is 0.454. The molecule has 5 aromatic rings. The van der Waals surface area contributed by atoms with Gasteiger partial charge in [0.05, 0.1) is 15.6 Å². The van der Waals surface area contributed by atoms with Gasteiger partial charge in [-0.15, -0.1) is 0 Å². The summed E-state index contributed by atoms with van der Waals surface area (Å²) in [6, 6.07) is 19.5. The predicted octanol–water partition coefficient (Wildman–Crippen LogP) is 4.12. The SMILES string of the molecule is Cn1c(C=c2sc3nc4ccccc4n3c2=O)ccc1-c1ccc(Cl)cc1. The maximum Gasteiger partial charge on any atom is 0.275 e. The Morgan fingerprint density at radius 2 is 1.81 bits per heavy atom. The number of benzene rings is 2. The van der Waals surface area contributed by atoms with Gasteiger partial charge < -0.3 is 4.57 Å². The molecule has 5 rings (SSSR count). The van der Waals surface area contributed by atoms with Crippen LogP contribution in [0.5, 0.6) is 0 Å². The van der Waals surface area contributed by atoms with E-state index in [1.165, 1.54) is 11.3 Å². The van der Waals surface area contributed by atoms with Crippen LogP contribution >= 0.6 is 22.9 Å². The lowest BCUT2D eigenvalue weighted by Crippen LogP contribution is -2.23. The molecule has 0 bridgehead atoms. The van der Waals surface area contributed by atoms with Crippen molar-refractivity contribution in [3.8, 4) is 11.3 Å². The van der Waals surface area contributed by atoms with Gasteiger partial charge in [-0.1, -0.05) is 47.2 Å². The van der Waals surface area contributed by atoms with E-state index in [1.54, 1.807) is 4.40 Å². The Kier molecular flexibility index (Phi) is 3.67. The van der Waals surface area contributed by atoms with Crippen LogP contribution in [0.3, 0.4) is 0 Å². The highest BCUT2D eigenvalue weighted by Crippen LogP contribution is 2.24. The highest BCUT2D eigenvalue weighted by atomic mass is 35.5. The van der Waals surface area contributed by atoms with Gasteiger partial charge in [0.15, 0.2) is 4.96 Å². The first kappa shape index (κ1) is 16.3. The van der Waals surface area contributed by atoms with Crippen LogP contribution in [0.4, 0.5) is 0 Å². The van der Waals surface area contributed by atoms with Crippen molar-refractivity contribution in [3.05, 3.63) is 86.3 Å². The van der Waals surface area contributed by atoms with Crippen molar-refractivity contribution < 1.29 is 0 Å². The molecule has 0 fully saturated rings. The second kappa shape index (κ2) is 6.08. The maximum atomic E-state index is 12.9. The smallest absolute Gasteiger partial charge is 0.275 e. The minimum absolute atomic E-state index is 0.0297. The largest absolute Gasteiger partial charge is 0.344 e. The van der Waals surface area contributed by atoms with Crippen molar-refractivity contribution in [2.45, 2.75) is 0 Å². The molecule has 6 heteroatoms. The molecule has 0 atom stereocenters. The van der Waals surface area contributed by atoms with Gasteiger partial charge in [0.2, 0.25) is 0 Å². The zero-order valence-electron chi connectivity index (χ0n) is 14.4. The first-order valence-electron chi connectivity index (χ1n) is 8.45. The molecule has 2 aromatic carbocycles. The average Bonchev–Trinajstić information content (AvgIpc) is 3.30. The van der Waals surface area contributed by atoms with E-state index in [1.807, 2.05) is 73.8 Å². The van der Waals surface area contributed by atoms with E-state index in [9.17, 15) is 4.79 Å². The lowest BCUT2D eigenvalue weighted by atomic mass is 10.1. The zero-order valence-corrected chi connectivity index (χ0v) is 16.0. The number of hydrogen-bond acceptors (Lipinski definition) is 3. The third kappa shape index (κ3) is 2.59. The Morgan fingerprint density at radius 3 is 2.63 bits per heavy atom. The number of thiazole rings is 1. The van der Waals surface area contributed by atoms with E-state index < -0.39 is 0 Å². The fraction of sp³-hybridized carbons (Fsp3) is 0.0476. The molecule has 0 saturated carbocycles. The van der Waals surface area contributed by atoms with Crippen molar-refractivity contribution in [1.29, 1.82) is 0 Å². The Hall–Kier alpha value is -2.89. The van der Waals surface area contributed by atoms with E-state index in [4.69, 9.17) is 11.6 Å². The minimum Gasteiger partial charge on any atom is -0.344 e. The molecule has 0 spiro atoms. The lowest BCUT2D eigenvalue weighted by Gasteiger charge is -2.05. The predicted molar refractivity (Wildman–Crippen MR) is 111 cm³/mol. The van der Waals surface area contributed by atoms with E-state index in [0.717, 1.165) is 32.9 Å². The number of rotatable bonds is 2. The van der Waals surface area contributed by atoms with Crippen LogP contribution in [0.25, 0.3) is 33.3 Å². The monoisotopic (exact) mass is 391 g/mol. The molecule has 4 nitrogen and oxygen atoms in total. The summed E-state index contributed by atoms with van der Waals surface area (Å²) in [4.78, 5) is 18.2. The van der Waals surface area contributed by atoms with Gasteiger partial charge in [-0.2, -0.15) is 0 Å². The van der Waals surface area contributed by atoms with Crippen molar-refractivity contribution in [2.24, 2.45) is 7.05 Å². The molecule has 3 aromatic heterocycles. The first-order valence-corrected chi connectivity index (χ1v) is 9.65. The van der Waals surface area contributed by atoms with Gasteiger partial charge in [-0.05, 0) is 48.0 Å². The Morgan fingerprint density at radius 1 is 1.04 bits per heavy atom. The fourth-order valence-corrected chi connectivity index (χ4v) is 4.43. The fourth-order valence-electron chi connectivity index (χ4n) is 3.33. The van der Waals surface area contributed by atoms with Crippen molar-refractivity contribution in [3.63, 3.8) is 0 Å². The summed E-state index contributed by atoms with van der Waals surface area (Å²) < 4.78 is 4.44. The first-order chi connectivity index (χ1) is 13.1. The van der Waals surface area contributed by atoms with Gasteiger partial charge in [0, 0.05) is 23.5 Å². The van der Waals surface area contributed by atoms with E-state index >= 15 is 0 Å². The van der Waals surface area contributed by atoms with Crippen molar-refractivity contribution >= 4 is 45.0 Å². The average molecular weight is 392 g/mol. The molecule has 3 heterocycles. The van der Waals surface area contributed by atoms with Gasteiger partial charge in [0.25, 0.3) is 5.56 Å². The Bertz CT molecular complexity index is 1410. The molecular weight excluding hydrogens is 378 g/mol. The summed E-state index contributed by atoms with van der Waals surface area (Å²) in [6.45, 7) is 0. The Balaban J connectivity index is 1.66. The summed E-state index contributed by atoms with van der Waals surface area (Å²) in [5.74, 6) is 0. The number of halogens is 1. The van der Waals surface area contributed by atoms with Crippen LogP contribution in [-0.2, 0) is 7.05 Å². The van der Waals surface area contributed by atoms with Gasteiger partial charge in [-0.3, -0.25) is 4.79 Å². The van der Waals surface area contributed by atoms with Gasteiger partial charge in [0.1, 0.15) is 0 Å². The highest BCUT2D eigenvalue weighted by Gasteiger charge is 2.11. The molecule has 0 aliphatic carbocycles. The summed E-state index contributed by atoms with van der Waals surface area (Å²) in [7, 11) is 1.99. The molecule has 27 heavy (non-hydrogen) atoms. The van der Waals surface area contributed by atoms with Crippen LogP contribution in [0.1, 0.15) is 5.69 Å². The minimum atomic E-state index is -0.0297. The van der Waals surface area contributed by atoms with Crippen LogP contribution in [-0.4, -0.2) is 14.0 Å². The van der Waals surface area contributed by atoms with E-state index in [2.05, 4.69) is 9.55 Å². The third-order valence-corrected chi connectivity index (χ3v) is 5.95. The molecule has 0 N–H and O–H groups in total. The number of imidazole rings is 1. The Labute approximate surface area is 163 Å². The van der Waals surface area contributed by atoms with E-state index in [0.29, 0.717) is 9.55 Å². The molecule has 132 valence electrons.